The second-order valence-corrected chi connectivity index (χ2v) is 22.7. The van der Waals surface area contributed by atoms with Gasteiger partial charge in [0, 0.05) is 19.3 Å². The summed E-state index contributed by atoms with van der Waals surface area (Å²) in [4.78, 5) is 38.1. The summed E-state index contributed by atoms with van der Waals surface area (Å²) in [6.45, 7) is 6.63. The van der Waals surface area contributed by atoms with Crippen LogP contribution >= 0.6 is 0 Å². The lowest BCUT2D eigenvalue weighted by Crippen LogP contribution is -2.30. The van der Waals surface area contributed by atoms with Crippen molar-refractivity contribution in [3.05, 3.63) is 36.5 Å². The largest absolute Gasteiger partial charge is 0.462 e. The number of rotatable bonds is 62. The average molecular weight is 1050 g/mol. The summed E-state index contributed by atoms with van der Waals surface area (Å²) in [7, 11) is 0. The second kappa shape index (κ2) is 64.2. The molecule has 0 amide bonds. The van der Waals surface area contributed by atoms with E-state index in [9.17, 15) is 14.4 Å². The van der Waals surface area contributed by atoms with Gasteiger partial charge in [0.25, 0.3) is 0 Å². The zero-order valence-electron chi connectivity index (χ0n) is 50.6. The summed E-state index contributed by atoms with van der Waals surface area (Å²) in [6, 6.07) is 0. The molecule has 0 radical (unpaired) electrons. The lowest BCUT2D eigenvalue weighted by molar-refractivity contribution is -0.167. The molecule has 0 aliphatic heterocycles. The Morgan fingerprint density at radius 2 is 0.480 bits per heavy atom. The predicted molar refractivity (Wildman–Crippen MR) is 326 cm³/mol. The lowest BCUT2D eigenvalue weighted by atomic mass is 10.0. The first-order valence-corrected chi connectivity index (χ1v) is 33.5. The molecule has 1 atom stereocenters. The van der Waals surface area contributed by atoms with Crippen molar-refractivity contribution in [2.75, 3.05) is 13.2 Å². The molecule has 0 fully saturated rings. The van der Waals surface area contributed by atoms with E-state index in [4.69, 9.17) is 14.2 Å². The standard InChI is InChI=1S/C69H128O6/c1-4-7-10-13-16-19-21-23-25-27-29-30-31-32-33-34-35-36-37-38-39-41-42-44-46-48-50-53-56-59-62-68(71)74-65-66(64-73-67(70)61-58-55-52-18-15-12-9-6-3)75-69(72)63-60-57-54-51-49-47-45-43-40-28-26-24-22-20-17-14-11-8-5-2/h17,20,24,26,40,43,66H,4-16,18-19,21-23,25,27-39,41-42,44-65H2,1-3H3/b20-17-,26-24-,43-40-. The highest BCUT2D eigenvalue weighted by Gasteiger charge is 2.19. The van der Waals surface area contributed by atoms with Gasteiger partial charge in [-0.25, -0.2) is 0 Å². The Bertz CT molecular complexity index is 1250. The molecule has 1 unspecified atom stereocenters. The highest BCUT2D eigenvalue weighted by atomic mass is 16.6. The summed E-state index contributed by atoms with van der Waals surface area (Å²) in [5.41, 5.74) is 0. The van der Waals surface area contributed by atoms with Gasteiger partial charge in [-0.1, -0.05) is 327 Å². The summed E-state index contributed by atoms with van der Waals surface area (Å²) >= 11 is 0. The smallest absolute Gasteiger partial charge is 0.306 e. The van der Waals surface area contributed by atoms with E-state index in [0.717, 1.165) is 77.0 Å². The predicted octanol–water partition coefficient (Wildman–Crippen LogP) is 22.8. The first-order valence-electron chi connectivity index (χ1n) is 33.5. The van der Waals surface area contributed by atoms with Gasteiger partial charge in [-0.3, -0.25) is 14.4 Å². The summed E-state index contributed by atoms with van der Waals surface area (Å²) in [6.07, 6.45) is 79.1. The topological polar surface area (TPSA) is 78.9 Å². The van der Waals surface area contributed by atoms with E-state index in [1.165, 1.54) is 250 Å². The van der Waals surface area contributed by atoms with E-state index in [0.29, 0.717) is 19.3 Å². The van der Waals surface area contributed by atoms with E-state index in [2.05, 4.69) is 57.2 Å². The van der Waals surface area contributed by atoms with Gasteiger partial charge in [-0.05, 0) is 57.8 Å². The molecule has 0 aliphatic rings. The van der Waals surface area contributed by atoms with Crippen LogP contribution in [0.25, 0.3) is 0 Å². The lowest BCUT2D eigenvalue weighted by Gasteiger charge is -2.18. The van der Waals surface area contributed by atoms with Crippen molar-refractivity contribution < 1.29 is 28.6 Å². The van der Waals surface area contributed by atoms with Crippen LogP contribution in [-0.4, -0.2) is 37.2 Å². The van der Waals surface area contributed by atoms with E-state index < -0.39 is 6.10 Å². The normalized spacial score (nSPS) is 12.2. The Hall–Kier alpha value is -2.37. The Kier molecular flexibility index (Phi) is 62.1. The third kappa shape index (κ3) is 62.4. The van der Waals surface area contributed by atoms with Crippen LogP contribution in [0.4, 0.5) is 0 Å². The Labute approximate surface area is 467 Å². The van der Waals surface area contributed by atoms with Gasteiger partial charge in [-0.2, -0.15) is 0 Å². The van der Waals surface area contributed by atoms with Gasteiger partial charge in [0.2, 0.25) is 0 Å². The van der Waals surface area contributed by atoms with Crippen LogP contribution < -0.4 is 0 Å². The van der Waals surface area contributed by atoms with Crippen LogP contribution in [0.2, 0.25) is 0 Å². The fourth-order valence-corrected chi connectivity index (χ4v) is 10.1. The molecular formula is C69H128O6. The van der Waals surface area contributed by atoms with Crippen molar-refractivity contribution in [3.63, 3.8) is 0 Å². The van der Waals surface area contributed by atoms with Gasteiger partial charge in [0.05, 0.1) is 0 Å². The average Bonchev–Trinajstić information content (AvgIpc) is 3.41. The van der Waals surface area contributed by atoms with E-state index in [-0.39, 0.29) is 31.1 Å². The molecule has 0 saturated carbocycles. The Morgan fingerprint density at radius 3 is 0.773 bits per heavy atom. The van der Waals surface area contributed by atoms with Gasteiger partial charge < -0.3 is 14.2 Å². The van der Waals surface area contributed by atoms with Crippen molar-refractivity contribution in [1.82, 2.24) is 0 Å². The summed E-state index contributed by atoms with van der Waals surface area (Å²) < 4.78 is 16.9. The first kappa shape index (κ1) is 72.6. The van der Waals surface area contributed by atoms with E-state index in [1.54, 1.807) is 0 Å². The number of carbonyl (C=O) groups is 3. The maximum atomic E-state index is 12.9. The van der Waals surface area contributed by atoms with E-state index in [1.807, 2.05) is 0 Å². The quantitative estimate of drug-likeness (QED) is 0.0261. The third-order valence-electron chi connectivity index (χ3n) is 15.1. The molecule has 0 aromatic carbocycles. The number of unbranched alkanes of at least 4 members (excludes halogenated alkanes) is 45. The zero-order valence-corrected chi connectivity index (χ0v) is 50.6. The monoisotopic (exact) mass is 1050 g/mol. The number of hydrogen-bond acceptors (Lipinski definition) is 6. The highest BCUT2D eigenvalue weighted by Crippen LogP contribution is 2.18. The van der Waals surface area contributed by atoms with Crippen LogP contribution in [0.5, 0.6) is 0 Å². The minimum Gasteiger partial charge on any atom is -0.462 e. The minimum absolute atomic E-state index is 0.0729. The van der Waals surface area contributed by atoms with Gasteiger partial charge >= 0.3 is 17.9 Å². The number of allylic oxidation sites excluding steroid dienone is 6. The van der Waals surface area contributed by atoms with Gasteiger partial charge in [0.1, 0.15) is 13.2 Å². The van der Waals surface area contributed by atoms with Gasteiger partial charge in [-0.15, -0.1) is 0 Å². The molecule has 0 saturated heterocycles. The molecule has 0 heterocycles. The Morgan fingerprint density at radius 1 is 0.267 bits per heavy atom. The molecule has 0 aliphatic carbocycles. The molecule has 75 heavy (non-hydrogen) atoms. The SMILES string of the molecule is CCCCC/C=C\C/C=C\C/C=C\CCCCCCCCC(=O)OC(COC(=O)CCCCCCCCCC)COC(=O)CCCCCCCCCCCCCCCCCCCCCCCCCCCCCCCC. The maximum Gasteiger partial charge on any atom is 0.306 e. The fraction of sp³-hybridized carbons (Fsp3) is 0.870. The van der Waals surface area contributed by atoms with Crippen LogP contribution in [-0.2, 0) is 28.6 Å². The highest BCUT2D eigenvalue weighted by molar-refractivity contribution is 5.71. The second-order valence-electron chi connectivity index (χ2n) is 22.7. The van der Waals surface area contributed by atoms with Gasteiger partial charge in [0.15, 0.2) is 6.10 Å². The first-order chi connectivity index (χ1) is 37.0. The van der Waals surface area contributed by atoms with Crippen molar-refractivity contribution in [1.29, 1.82) is 0 Å². The van der Waals surface area contributed by atoms with Crippen LogP contribution in [0, 0.1) is 0 Å². The molecule has 0 aromatic heterocycles. The summed E-state index contributed by atoms with van der Waals surface area (Å²) in [5.74, 6) is -0.868. The van der Waals surface area contributed by atoms with Crippen molar-refractivity contribution in [2.24, 2.45) is 0 Å². The van der Waals surface area contributed by atoms with Crippen LogP contribution in [0.1, 0.15) is 367 Å². The molecule has 6 nitrogen and oxygen atoms in total. The maximum absolute atomic E-state index is 12.9. The molecule has 0 rings (SSSR count). The molecule has 0 bridgehead atoms. The number of esters is 3. The molecule has 440 valence electrons. The fourth-order valence-electron chi connectivity index (χ4n) is 10.1. The Balaban J connectivity index is 4.05. The van der Waals surface area contributed by atoms with Crippen molar-refractivity contribution in [3.8, 4) is 0 Å². The van der Waals surface area contributed by atoms with Crippen molar-refractivity contribution in [2.45, 2.75) is 374 Å². The molecular weight excluding hydrogens is 925 g/mol. The molecule has 0 spiro atoms. The number of ether oxygens (including phenoxy) is 3. The summed E-state index contributed by atoms with van der Waals surface area (Å²) in [5, 5.41) is 0. The number of carbonyl (C=O) groups excluding carboxylic acids is 3. The van der Waals surface area contributed by atoms with Crippen molar-refractivity contribution >= 4 is 17.9 Å². The number of hydrogen-bond donors (Lipinski definition) is 0. The molecule has 0 N–H and O–H groups in total. The van der Waals surface area contributed by atoms with E-state index >= 15 is 0 Å². The zero-order chi connectivity index (χ0) is 54.3. The third-order valence-corrected chi connectivity index (χ3v) is 15.1. The van der Waals surface area contributed by atoms with Crippen LogP contribution in [0.3, 0.4) is 0 Å². The molecule has 0 aromatic rings. The molecule has 6 heteroatoms. The minimum atomic E-state index is -0.775. The van der Waals surface area contributed by atoms with Crippen LogP contribution in [0.15, 0.2) is 36.5 Å².